The maximum absolute atomic E-state index is 13.2. The van der Waals surface area contributed by atoms with Crippen LogP contribution in [0.15, 0.2) is 30.5 Å². The van der Waals surface area contributed by atoms with Gasteiger partial charge in [-0.2, -0.15) is 44.8 Å². The van der Waals surface area contributed by atoms with Crippen molar-refractivity contribution in [3.05, 3.63) is 64.0 Å². The SMILES string of the molecule is N#Cc1c(C(F)(F)F)cc(C(O)CC(O)c2ccnc(C(F)(F)F)c2)cc1C(F)(F)F.[Cu]. The predicted octanol–water partition coefficient (Wildman–Crippen LogP) is 5.16. The summed E-state index contributed by atoms with van der Waals surface area (Å²) in [7, 11) is 0. The number of aromatic nitrogens is 1. The molecule has 1 aromatic carbocycles. The van der Waals surface area contributed by atoms with Crippen LogP contribution in [0.1, 0.15) is 52.1 Å². The van der Waals surface area contributed by atoms with Crippen LogP contribution in [0.5, 0.6) is 0 Å². The fraction of sp³-hybridized carbons (Fsp3) is 0.333. The molecule has 2 N–H and O–H groups in total. The van der Waals surface area contributed by atoms with Crippen molar-refractivity contribution in [2.45, 2.75) is 37.2 Å². The first kappa shape index (κ1) is 27.7. The first-order valence-electron chi connectivity index (χ1n) is 8.17. The van der Waals surface area contributed by atoms with E-state index in [-0.39, 0.29) is 29.2 Å². The van der Waals surface area contributed by atoms with Gasteiger partial charge >= 0.3 is 18.5 Å². The third-order valence-electron chi connectivity index (χ3n) is 4.17. The molecular weight excluding hydrogens is 511 g/mol. The van der Waals surface area contributed by atoms with Gasteiger partial charge in [-0.3, -0.25) is 4.98 Å². The summed E-state index contributed by atoms with van der Waals surface area (Å²) in [6.07, 6.45) is -19.9. The fourth-order valence-corrected chi connectivity index (χ4v) is 2.72. The van der Waals surface area contributed by atoms with Gasteiger partial charge in [0.15, 0.2) is 0 Å². The monoisotopic (exact) mass is 521 g/mol. The largest absolute Gasteiger partial charge is 0.433 e. The molecule has 2 atom stereocenters. The van der Waals surface area contributed by atoms with Crippen LogP contribution in [-0.2, 0) is 35.6 Å². The number of nitriles is 1. The Morgan fingerprint density at radius 2 is 1.28 bits per heavy atom. The number of pyridine rings is 1. The van der Waals surface area contributed by atoms with Crippen molar-refractivity contribution in [3.63, 3.8) is 0 Å². The van der Waals surface area contributed by atoms with E-state index in [4.69, 9.17) is 5.26 Å². The van der Waals surface area contributed by atoms with E-state index < -0.39 is 70.7 Å². The summed E-state index contributed by atoms with van der Waals surface area (Å²) in [6, 6.07) is 2.46. The molecule has 2 rings (SSSR count). The van der Waals surface area contributed by atoms with Crippen molar-refractivity contribution in [1.82, 2.24) is 4.98 Å². The Bertz CT molecular complexity index is 963. The molecular formula is C18H11CuF9N2O2. The molecule has 179 valence electrons. The van der Waals surface area contributed by atoms with Crippen LogP contribution in [0.25, 0.3) is 0 Å². The minimum absolute atomic E-state index is 0. The smallest absolute Gasteiger partial charge is 0.388 e. The third-order valence-corrected chi connectivity index (χ3v) is 4.17. The first-order chi connectivity index (χ1) is 14.1. The summed E-state index contributed by atoms with van der Waals surface area (Å²) in [6.45, 7) is 0. The molecule has 0 saturated heterocycles. The predicted molar refractivity (Wildman–Crippen MR) is 84.9 cm³/mol. The molecule has 1 aromatic heterocycles. The zero-order chi connectivity index (χ0) is 23.8. The van der Waals surface area contributed by atoms with Crippen molar-refractivity contribution in [2.75, 3.05) is 0 Å². The Kier molecular flexibility index (Phi) is 8.36. The standard InChI is InChI=1S/C18H11F9N2O2.Cu/c19-16(20,21)11-3-9(4-12(10(11)7-28)17(22,23)24)14(31)6-13(30)8-1-2-29-15(5-8)18(25,26)27;/h1-5,13-14,30-31H,6H2;. The van der Waals surface area contributed by atoms with E-state index in [1.54, 1.807) is 0 Å². The van der Waals surface area contributed by atoms with Gasteiger partial charge in [-0.25, -0.2) is 0 Å². The Balaban J connectivity index is 0.00000512. The molecule has 0 fully saturated rings. The summed E-state index contributed by atoms with van der Waals surface area (Å²) >= 11 is 0. The molecule has 1 radical (unpaired) electrons. The average Bonchev–Trinajstić information content (AvgIpc) is 2.64. The van der Waals surface area contributed by atoms with Crippen LogP contribution in [0.4, 0.5) is 39.5 Å². The molecule has 0 aliphatic heterocycles. The van der Waals surface area contributed by atoms with Crippen molar-refractivity contribution in [1.29, 1.82) is 5.26 Å². The van der Waals surface area contributed by atoms with Crippen LogP contribution in [0.2, 0.25) is 0 Å². The van der Waals surface area contributed by atoms with Crippen LogP contribution in [0, 0.1) is 11.3 Å². The van der Waals surface area contributed by atoms with Gasteiger partial charge in [0.05, 0.1) is 28.9 Å². The fourth-order valence-electron chi connectivity index (χ4n) is 2.72. The van der Waals surface area contributed by atoms with Gasteiger partial charge in [-0.1, -0.05) is 0 Å². The number of benzene rings is 1. The second-order valence-corrected chi connectivity index (χ2v) is 6.34. The average molecular weight is 522 g/mol. The quantitative estimate of drug-likeness (QED) is 0.430. The summed E-state index contributed by atoms with van der Waals surface area (Å²) in [5.41, 5.74) is -8.32. The van der Waals surface area contributed by atoms with Crippen LogP contribution in [-0.4, -0.2) is 15.2 Å². The maximum atomic E-state index is 13.2. The normalized spacial score (nSPS) is 14.3. The molecule has 0 aliphatic carbocycles. The second kappa shape index (κ2) is 9.66. The molecule has 0 aliphatic rings. The van der Waals surface area contributed by atoms with Gasteiger partial charge < -0.3 is 10.2 Å². The number of alkyl halides is 9. The van der Waals surface area contributed by atoms with E-state index >= 15 is 0 Å². The minimum Gasteiger partial charge on any atom is -0.388 e. The Morgan fingerprint density at radius 1 is 0.812 bits per heavy atom. The molecule has 2 unspecified atom stereocenters. The van der Waals surface area contributed by atoms with Gasteiger partial charge in [0.1, 0.15) is 11.8 Å². The van der Waals surface area contributed by atoms with Crippen LogP contribution < -0.4 is 0 Å². The van der Waals surface area contributed by atoms with E-state index in [2.05, 4.69) is 4.98 Å². The molecule has 32 heavy (non-hydrogen) atoms. The zero-order valence-corrected chi connectivity index (χ0v) is 16.2. The number of halogens is 9. The molecule has 0 spiro atoms. The van der Waals surface area contributed by atoms with Crippen molar-refractivity contribution in [2.24, 2.45) is 0 Å². The van der Waals surface area contributed by atoms with Gasteiger partial charge in [0, 0.05) is 29.7 Å². The van der Waals surface area contributed by atoms with Gasteiger partial charge in [0.25, 0.3) is 0 Å². The molecule has 4 nitrogen and oxygen atoms in total. The Hall–Kier alpha value is -2.33. The topological polar surface area (TPSA) is 77.1 Å². The molecule has 1 heterocycles. The molecule has 0 saturated carbocycles. The Labute approximate surface area is 184 Å². The summed E-state index contributed by atoms with van der Waals surface area (Å²) in [5.74, 6) is 0. The van der Waals surface area contributed by atoms with Gasteiger partial charge in [-0.05, 0) is 35.4 Å². The maximum Gasteiger partial charge on any atom is 0.433 e. The minimum atomic E-state index is -5.37. The molecule has 2 aromatic rings. The molecule has 0 bridgehead atoms. The number of hydrogen-bond donors (Lipinski definition) is 2. The van der Waals surface area contributed by atoms with Crippen molar-refractivity contribution < 1.29 is 66.8 Å². The van der Waals surface area contributed by atoms with E-state index in [0.717, 1.165) is 12.1 Å². The van der Waals surface area contributed by atoms with Crippen LogP contribution in [0.3, 0.4) is 0 Å². The number of rotatable bonds is 4. The second-order valence-electron chi connectivity index (χ2n) is 6.34. The first-order valence-corrected chi connectivity index (χ1v) is 8.17. The van der Waals surface area contributed by atoms with Gasteiger partial charge in [-0.15, -0.1) is 0 Å². The van der Waals surface area contributed by atoms with Gasteiger partial charge in [0.2, 0.25) is 0 Å². The number of aliphatic hydroxyl groups is 2. The van der Waals surface area contributed by atoms with Crippen LogP contribution >= 0.6 is 0 Å². The zero-order valence-electron chi connectivity index (χ0n) is 15.2. The van der Waals surface area contributed by atoms with E-state index in [9.17, 15) is 49.7 Å². The number of nitrogens with zero attached hydrogens (tertiary/aromatic N) is 2. The molecule has 0 amide bonds. The van der Waals surface area contributed by atoms with E-state index in [1.807, 2.05) is 0 Å². The van der Waals surface area contributed by atoms with Crippen molar-refractivity contribution in [3.8, 4) is 6.07 Å². The van der Waals surface area contributed by atoms with E-state index in [0.29, 0.717) is 12.3 Å². The van der Waals surface area contributed by atoms with Crippen molar-refractivity contribution >= 4 is 0 Å². The summed E-state index contributed by atoms with van der Waals surface area (Å²) in [5, 5.41) is 29.0. The number of aliphatic hydroxyl groups excluding tert-OH is 2. The third kappa shape index (κ3) is 6.35. The Morgan fingerprint density at radius 3 is 1.69 bits per heavy atom. The number of hydrogen-bond acceptors (Lipinski definition) is 4. The summed E-state index contributed by atoms with van der Waals surface area (Å²) < 4.78 is 117. The summed E-state index contributed by atoms with van der Waals surface area (Å²) in [4.78, 5) is 3.05. The van der Waals surface area contributed by atoms with E-state index in [1.165, 1.54) is 0 Å². The molecule has 14 heteroatoms.